The largest absolute Gasteiger partial charge is 0.372 e. The van der Waals surface area contributed by atoms with E-state index in [0.29, 0.717) is 5.82 Å². The Kier molecular flexibility index (Phi) is 4.11. The van der Waals surface area contributed by atoms with Gasteiger partial charge < -0.3 is 5.32 Å². The highest BCUT2D eigenvalue weighted by Crippen LogP contribution is 2.24. The van der Waals surface area contributed by atoms with Crippen molar-refractivity contribution in [3.8, 4) is 11.5 Å². The number of rotatable bonds is 3. The molecule has 0 spiro atoms. The Morgan fingerprint density at radius 3 is 2.72 bits per heavy atom. The number of pyridine rings is 1. The molecule has 0 fully saturated rings. The summed E-state index contributed by atoms with van der Waals surface area (Å²) >= 11 is 2.28. The number of hydrogen-bond acceptors (Lipinski definition) is 4. The summed E-state index contributed by atoms with van der Waals surface area (Å²) in [6.45, 7) is 4.12. The third-order valence-electron chi connectivity index (χ3n) is 2.71. The van der Waals surface area contributed by atoms with Crippen molar-refractivity contribution in [3.05, 3.63) is 33.2 Å². The molecule has 5 heteroatoms. The van der Waals surface area contributed by atoms with Crippen LogP contribution in [0.15, 0.2) is 18.3 Å². The lowest BCUT2D eigenvalue weighted by atomic mass is 10.2. The van der Waals surface area contributed by atoms with Crippen LogP contribution in [0.25, 0.3) is 11.5 Å². The molecule has 94 valence electrons. The van der Waals surface area contributed by atoms with Crippen LogP contribution < -0.4 is 5.32 Å². The molecule has 2 aromatic heterocycles. The van der Waals surface area contributed by atoms with Crippen LogP contribution in [-0.4, -0.2) is 22.0 Å². The van der Waals surface area contributed by atoms with Crippen LogP contribution in [0.3, 0.4) is 0 Å². The maximum absolute atomic E-state index is 4.61. The molecule has 2 heterocycles. The van der Waals surface area contributed by atoms with Gasteiger partial charge in [-0.2, -0.15) is 0 Å². The monoisotopic (exact) mass is 354 g/mol. The Morgan fingerprint density at radius 2 is 2.11 bits per heavy atom. The smallest absolute Gasteiger partial charge is 0.180 e. The van der Waals surface area contributed by atoms with E-state index in [1.807, 2.05) is 26.1 Å². The first-order chi connectivity index (χ1) is 8.67. The van der Waals surface area contributed by atoms with Crippen molar-refractivity contribution >= 4 is 28.4 Å². The summed E-state index contributed by atoms with van der Waals surface area (Å²) in [5.41, 5.74) is 2.98. The van der Waals surface area contributed by atoms with Gasteiger partial charge in [0.15, 0.2) is 5.82 Å². The van der Waals surface area contributed by atoms with Gasteiger partial charge >= 0.3 is 0 Å². The minimum atomic E-state index is 0.690. The third-order valence-corrected chi connectivity index (χ3v) is 3.85. The van der Waals surface area contributed by atoms with Crippen LogP contribution in [0, 0.1) is 10.5 Å². The Bertz CT molecular complexity index is 544. The Morgan fingerprint density at radius 1 is 1.33 bits per heavy atom. The van der Waals surface area contributed by atoms with Crippen molar-refractivity contribution < 1.29 is 0 Å². The van der Waals surface area contributed by atoms with E-state index in [1.165, 1.54) is 0 Å². The van der Waals surface area contributed by atoms with Crippen LogP contribution in [-0.2, 0) is 6.42 Å². The maximum Gasteiger partial charge on any atom is 0.180 e. The van der Waals surface area contributed by atoms with Crippen molar-refractivity contribution in [1.29, 1.82) is 0 Å². The molecule has 0 atom stereocenters. The standard InChI is InChI=1S/C13H15IN4/c1-4-9-10(14)12(15-3)18-13(17-9)11-8(2)6-5-7-16-11/h5-7H,4H2,1-3H3,(H,15,17,18). The fourth-order valence-corrected chi connectivity index (χ4v) is 2.61. The SMILES string of the molecule is CCc1nc(-c2ncccc2C)nc(NC)c1I. The first kappa shape index (κ1) is 13.2. The topological polar surface area (TPSA) is 50.7 Å². The quantitative estimate of drug-likeness (QED) is 0.861. The van der Waals surface area contributed by atoms with Crippen molar-refractivity contribution in [2.45, 2.75) is 20.3 Å². The van der Waals surface area contributed by atoms with Crippen LogP contribution in [0.5, 0.6) is 0 Å². The van der Waals surface area contributed by atoms with Crippen molar-refractivity contribution in [2.75, 3.05) is 12.4 Å². The van der Waals surface area contributed by atoms with E-state index in [2.05, 4.69) is 49.8 Å². The second-order valence-corrected chi connectivity index (χ2v) is 5.01. The van der Waals surface area contributed by atoms with Gasteiger partial charge in [0.25, 0.3) is 0 Å². The van der Waals surface area contributed by atoms with Crippen LogP contribution in [0.1, 0.15) is 18.2 Å². The number of hydrogen-bond donors (Lipinski definition) is 1. The zero-order valence-corrected chi connectivity index (χ0v) is 12.8. The maximum atomic E-state index is 4.61. The molecule has 0 amide bonds. The fourth-order valence-electron chi connectivity index (χ4n) is 1.72. The van der Waals surface area contributed by atoms with E-state index >= 15 is 0 Å². The number of nitrogens with zero attached hydrogens (tertiary/aromatic N) is 3. The van der Waals surface area contributed by atoms with Crippen molar-refractivity contribution in [1.82, 2.24) is 15.0 Å². The van der Waals surface area contributed by atoms with E-state index in [9.17, 15) is 0 Å². The number of aryl methyl sites for hydroxylation is 2. The minimum absolute atomic E-state index is 0.690. The average molecular weight is 354 g/mol. The Balaban J connectivity index is 2.62. The lowest BCUT2D eigenvalue weighted by molar-refractivity contribution is 0.981. The molecule has 0 saturated carbocycles. The lowest BCUT2D eigenvalue weighted by Crippen LogP contribution is -2.06. The van der Waals surface area contributed by atoms with Crippen LogP contribution in [0.2, 0.25) is 0 Å². The molecule has 0 bridgehead atoms. The van der Waals surface area contributed by atoms with Gasteiger partial charge in [0.2, 0.25) is 0 Å². The summed E-state index contributed by atoms with van der Waals surface area (Å²) in [6.07, 6.45) is 2.66. The molecule has 0 aliphatic rings. The molecule has 1 N–H and O–H groups in total. The van der Waals surface area contributed by atoms with E-state index in [0.717, 1.165) is 32.8 Å². The molecular formula is C13H15IN4. The van der Waals surface area contributed by atoms with E-state index in [1.54, 1.807) is 6.20 Å². The highest BCUT2D eigenvalue weighted by atomic mass is 127. The van der Waals surface area contributed by atoms with Crippen LogP contribution in [0.4, 0.5) is 5.82 Å². The average Bonchev–Trinajstić information content (AvgIpc) is 2.40. The molecule has 0 unspecified atom stereocenters. The highest BCUT2D eigenvalue weighted by molar-refractivity contribution is 14.1. The van der Waals surface area contributed by atoms with Gasteiger partial charge in [0.05, 0.1) is 9.26 Å². The second-order valence-electron chi connectivity index (χ2n) is 3.93. The summed E-state index contributed by atoms with van der Waals surface area (Å²) in [5, 5.41) is 3.11. The molecule has 0 radical (unpaired) electrons. The van der Waals surface area contributed by atoms with E-state index < -0.39 is 0 Å². The highest BCUT2D eigenvalue weighted by Gasteiger charge is 2.13. The summed E-state index contributed by atoms with van der Waals surface area (Å²) in [5.74, 6) is 1.55. The van der Waals surface area contributed by atoms with Gasteiger partial charge in [-0.05, 0) is 47.6 Å². The van der Waals surface area contributed by atoms with Gasteiger partial charge in [-0.15, -0.1) is 0 Å². The van der Waals surface area contributed by atoms with E-state index in [4.69, 9.17) is 0 Å². The summed E-state index contributed by atoms with van der Waals surface area (Å²) in [4.78, 5) is 13.5. The molecule has 0 saturated heterocycles. The van der Waals surface area contributed by atoms with Gasteiger partial charge in [0, 0.05) is 13.2 Å². The molecule has 2 rings (SSSR count). The Labute approximate surface area is 120 Å². The number of nitrogens with one attached hydrogen (secondary N) is 1. The zero-order chi connectivity index (χ0) is 13.1. The predicted octanol–water partition coefficient (Wildman–Crippen LogP) is 3.06. The minimum Gasteiger partial charge on any atom is -0.372 e. The van der Waals surface area contributed by atoms with Gasteiger partial charge in [-0.3, -0.25) is 4.98 Å². The van der Waals surface area contributed by atoms with Crippen molar-refractivity contribution in [2.24, 2.45) is 0 Å². The van der Waals surface area contributed by atoms with Gasteiger partial charge in [-0.1, -0.05) is 13.0 Å². The first-order valence-corrected chi connectivity index (χ1v) is 6.91. The Hall–Kier alpha value is -1.24. The first-order valence-electron chi connectivity index (χ1n) is 5.83. The normalized spacial score (nSPS) is 10.4. The molecule has 0 aromatic carbocycles. The van der Waals surface area contributed by atoms with Crippen molar-refractivity contribution in [3.63, 3.8) is 0 Å². The molecule has 2 aromatic rings. The summed E-state index contributed by atoms with van der Waals surface area (Å²) < 4.78 is 1.08. The molecule has 0 aliphatic carbocycles. The van der Waals surface area contributed by atoms with E-state index in [-0.39, 0.29) is 0 Å². The lowest BCUT2D eigenvalue weighted by Gasteiger charge is -2.10. The summed E-state index contributed by atoms with van der Waals surface area (Å²) in [6, 6.07) is 3.94. The number of anilines is 1. The predicted molar refractivity (Wildman–Crippen MR) is 81.6 cm³/mol. The third kappa shape index (κ3) is 2.45. The van der Waals surface area contributed by atoms with Gasteiger partial charge in [0.1, 0.15) is 11.5 Å². The fraction of sp³-hybridized carbons (Fsp3) is 0.308. The molecule has 0 aliphatic heterocycles. The molecular weight excluding hydrogens is 339 g/mol. The van der Waals surface area contributed by atoms with Gasteiger partial charge in [-0.25, -0.2) is 9.97 Å². The molecule has 4 nitrogen and oxygen atoms in total. The zero-order valence-electron chi connectivity index (χ0n) is 10.7. The number of halogens is 1. The summed E-state index contributed by atoms with van der Waals surface area (Å²) in [7, 11) is 1.87. The van der Waals surface area contributed by atoms with Crippen LogP contribution >= 0.6 is 22.6 Å². The molecule has 18 heavy (non-hydrogen) atoms. The second kappa shape index (κ2) is 5.60. The number of aromatic nitrogens is 3.